The molecule has 7 heteroatoms. The smallest absolute Gasteiger partial charge is 0.266 e. The first kappa shape index (κ1) is 13.7. The Bertz CT molecular complexity index is 801. The number of benzene rings is 1. The summed E-state index contributed by atoms with van der Waals surface area (Å²) in [7, 11) is 1.73. The van der Waals surface area contributed by atoms with Gasteiger partial charge in [-0.2, -0.15) is 10.4 Å². The standard InChI is InChI=1S/C15H12N4O3/c1-19-12(4-5-17-19)6-10(8-16)15(20)18-11-2-3-13-14(7-11)22-9-21-13/h2-7H,9H2,1H3,(H,18,20). The van der Waals surface area contributed by atoms with E-state index in [-0.39, 0.29) is 12.4 Å². The van der Waals surface area contributed by atoms with E-state index in [9.17, 15) is 4.79 Å². The van der Waals surface area contributed by atoms with Crippen molar-refractivity contribution in [2.45, 2.75) is 0 Å². The van der Waals surface area contributed by atoms with Gasteiger partial charge >= 0.3 is 0 Å². The zero-order valence-electron chi connectivity index (χ0n) is 11.7. The van der Waals surface area contributed by atoms with Crippen LogP contribution in [0.3, 0.4) is 0 Å². The third kappa shape index (κ3) is 2.62. The SMILES string of the molecule is Cn1nccc1C=C(C#N)C(=O)Nc1ccc2c(c1)OCO2. The molecule has 1 N–H and O–H groups in total. The number of rotatable bonds is 3. The molecule has 1 aliphatic rings. The van der Waals surface area contributed by atoms with Crippen LogP contribution in [0.15, 0.2) is 36.0 Å². The van der Waals surface area contributed by atoms with Gasteiger partial charge in [0.25, 0.3) is 5.91 Å². The molecule has 3 rings (SSSR count). The van der Waals surface area contributed by atoms with Crippen molar-refractivity contribution in [3.63, 3.8) is 0 Å². The second kappa shape index (κ2) is 5.61. The van der Waals surface area contributed by atoms with Crippen molar-refractivity contribution in [3.8, 4) is 17.6 Å². The van der Waals surface area contributed by atoms with Crippen LogP contribution < -0.4 is 14.8 Å². The number of anilines is 1. The third-order valence-corrected chi connectivity index (χ3v) is 3.15. The van der Waals surface area contributed by atoms with E-state index < -0.39 is 5.91 Å². The van der Waals surface area contributed by atoms with E-state index in [0.717, 1.165) is 0 Å². The second-order valence-corrected chi connectivity index (χ2v) is 4.57. The highest BCUT2D eigenvalue weighted by Crippen LogP contribution is 2.34. The molecule has 0 fully saturated rings. The Kier molecular flexibility index (Phi) is 3.50. The van der Waals surface area contributed by atoms with Crippen LogP contribution in [0, 0.1) is 11.3 Å². The van der Waals surface area contributed by atoms with Gasteiger partial charge in [-0.05, 0) is 24.3 Å². The number of hydrogen-bond acceptors (Lipinski definition) is 5. The molecule has 1 aromatic carbocycles. The summed E-state index contributed by atoms with van der Waals surface area (Å²) >= 11 is 0. The molecule has 110 valence electrons. The van der Waals surface area contributed by atoms with Crippen LogP contribution in [0.1, 0.15) is 5.69 Å². The van der Waals surface area contributed by atoms with Crippen molar-refractivity contribution in [3.05, 3.63) is 41.7 Å². The quantitative estimate of drug-likeness (QED) is 0.687. The lowest BCUT2D eigenvalue weighted by Gasteiger charge is -2.05. The van der Waals surface area contributed by atoms with Gasteiger partial charge in [-0.1, -0.05) is 0 Å². The fraction of sp³-hybridized carbons (Fsp3) is 0.133. The fourth-order valence-corrected chi connectivity index (χ4v) is 1.99. The number of aromatic nitrogens is 2. The number of hydrogen-bond donors (Lipinski definition) is 1. The number of carbonyl (C=O) groups excluding carboxylic acids is 1. The number of nitriles is 1. The maximum atomic E-state index is 12.2. The highest BCUT2D eigenvalue weighted by molar-refractivity contribution is 6.09. The van der Waals surface area contributed by atoms with Crippen molar-refractivity contribution in [1.82, 2.24) is 9.78 Å². The summed E-state index contributed by atoms with van der Waals surface area (Å²) in [5.41, 5.74) is 1.18. The summed E-state index contributed by atoms with van der Waals surface area (Å²) in [5, 5.41) is 15.8. The number of nitrogens with zero attached hydrogens (tertiary/aromatic N) is 3. The van der Waals surface area contributed by atoms with Gasteiger partial charge < -0.3 is 14.8 Å². The third-order valence-electron chi connectivity index (χ3n) is 3.15. The molecule has 0 saturated heterocycles. The Morgan fingerprint density at radius 1 is 1.41 bits per heavy atom. The van der Waals surface area contributed by atoms with Gasteiger partial charge in [0.1, 0.15) is 11.6 Å². The minimum Gasteiger partial charge on any atom is -0.454 e. The highest BCUT2D eigenvalue weighted by Gasteiger charge is 2.15. The van der Waals surface area contributed by atoms with E-state index in [1.54, 1.807) is 42.2 Å². The van der Waals surface area contributed by atoms with Crippen molar-refractivity contribution in [2.75, 3.05) is 12.1 Å². The summed E-state index contributed by atoms with van der Waals surface area (Å²) in [5.74, 6) is 0.693. The Morgan fingerprint density at radius 3 is 2.95 bits per heavy atom. The summed E-state index contributed by atoms with van der Waals surface area (Å²) in [4.78, 5) is 12.2. The number of nitrogens with one attached hydrogen (secondary N) is 1. The van der Waals surface area contributed by atoms with E-state index in [1.807, 2.05) is 6.07 Å². The molecule has 0 spiro atoms. The van der Waals surface area contributed by atoms with Crippen LogP contribution in [0.2, 0.25) is 0 Å². The van der Waals surface area contributed by atoms with E-state index in [2.05, 4.69) is 10.4 Å². The zero-order valence-corrected chi connectivity index (χ0v) is 11.7. The lowest BCUT2D eigenvalue weighted by Crippen LogP contribution is -2.13. The zero-order chi connectivity index (χ0) is 15.5. The van der Waals surface area contributed by atoms with Crippen LogP contribution >= 0.6 is 0 Å². The minimum absolute atomic E-state index is 0.0127. The largest absolute Gasteiger partial charge is 0.454 e. The predicted molar refractivity (Wildman–Crippen MR) is 78.0 cm³/mol. The van der Waals surface area contributed by atoms with Gasteiger partial charge in [0, 0.05) is 25.0 Å². The predicted octanol–water partition coefficient (Wildman–Crippen LogP) is 1.69. The average molecular weight is 296 g/mol. The molecule has 0 unspecified atom stereocenters. The maximum absolute atomic E-state index is 12.2. The van der Waals surface area contributed by atoms with Crippen LogP contribution in [0.5, 0.6) is 11.5 Å². The lowest BCUT2D eigenvalue weighted by atomic mass is 10.2. The van der Waals surface area contributed by atoms with Gasteiger partial charge in [-0.15, -0.1) is 0 Å². The van der Waals surface area contributed by atoms with Crippen LogP contribution in [0.4, 0.5) is 5.69 Å². The molecule has 0 bridgehead atoms. The van der Waals surface area contributed by atoms with E-state index >= 15 is 0 Å². The number of aryl methyl sites for hydroxylation is 1. The first-order valence-electron chi connectivity index (χ1n) is 6.48. The van der Waals surface area contributed by atoms with E-state index in [1.165, 1.54) is 6.08 Å². The molecule has 1 amide bonds. The number of fused-ring (bicyclic) bond motifs is 1. The molecule has 2 heterocycles. The summed E-state index contributed by atoms with van der Waals surface area (Å²) in [6.45, 7) is 0.163. The number of ether oxygens (including phenoxy) is 2. The summed E-state index contributed by atoms with van der Waals surface area (Å²) < 4.78 is 12.0. The topological polar surface area (TPSA) is 89.2 Å². The van der Waals surface area contributed by atoms with Crippen LogP contribution in [0.25, 0.3) is 6.08 Å². The fourth-order valence-electron chi connectivity index (χ4n) is 1.99. The van der Waals surface area contributed by atoms with Gasteiger partial charge in [-0.3, -0.25) is 9.48 Å². The molecule has 1 aromatic heterocycles. The summed E-state index contributed by atoms with van der Waals surface area (Å²) in [6, 6.07) is 8.65. The Labute approximate surface area is 126 Å². The van der Waals surface area contributed by atoms with Crippen molar-refractivity contribution >= 4 is 17.7 Å². The maximum Gasteiger partial charge on any atom is 0.266 e. The molecule has 0 radical (unpaired) electrons. The molecular formula is C15H12N4O3. The Hall–Kier alpha value is -3.27. The van der Waals surface area contributed by atoms with Gasteiger partial charge in [0.15, 0.2) is 11.5 Å². The van der Waals surface area contributed by atoms with Gasteiger partial charge in [0.05, 0.1) is 5.69 Å². The van der Waals surface area contributed by atoms with Crippen molar-refractivity contribution < 1.29 is 14.3 Å². The molecule has 2 aromatic rings. The highest BCUT2D eigenvalue weighted by atomic mass is 16.7. The molecule has 7 nitrogen and oxygen atoms in total. The Balaban J connectivity index is 1.80. The number of carbonyl (C=O) groups is 1. The number of amides is 1. The van der Waals surface area contributed by atoms with Gasteiger partial charge in [-0.25, -0.2) is 0 Å². The molecule has 0 aliphatic carbocycles. The first-order chi connectivity index (χ1) is 10.7. The van der Waals surface area contributed by atoms with Crippen LogP contribution in [-0.2, 0) is 11.8 Å². The lowest BCUT2D eigenvalue weighted by molar-refractivity contribution is -0.112. The van der Waals surface area contributed by atoms with Gasteiger partial charge in [0.2, 0.25) is 6.79 Å². The molecule has 0 saturated carbocycles. The average Bonchev–Trinajstić information content (AvgIpc) is 3.13. The molecular weight excluding hydrogens is 284 g/mol. The minimum atomic E-state index is -0.498. The molecule has 1 aliphatic heterocycles. The van der Waals surface area contributed by atoms with Crippen molar-refractivity contribution in [1.29, 1.82) is 5.26 Å². The van der Waals surface area contributed by atoms with E-state index in [0.29, 0.717) is 22.9 Å². The van der Waals surface area contributed by atoms with Crippen LogP contribution in [-0.4, -0.2) is 22.5 Å². The first-order valence-corrected chi connectivity index (χ1v) is 6.48. The summed E-state index contributed by atoms with van der Waals surface area (Å²) in [6.07, 6.45) is 3.08. The normalized spacial score (nSPS) is 12.8. The van der Waals surface area contributed by atoms with Crippen molar-refractivity contribution in [2.24, 2.45) is 7.05 Å². The van der Waals surface area contributed by atoms with E-state index in [4.69, 9.17) is 14.7 Å². The monoisotopic (exact) mass is 296 g/mol. The molecule has 22 heavy (non-hydrogen) atoms. The molecule has 0 atom stereocenters. The second-order valence-electron chi connectivity index (χ2n) is 4.57. The Morgan fingerprint density at radius 2 is 2.23 bits per heavy atom.